The van der Waals surface area contributed by atoms with E-state index in [2.05, 4.69) is 10.3 Å². The van der Waals surface area contributed by atoms with Crippen molar-refractivity contribution in [2.24, 2.45) is 0 Å². The van der Waals surface area contributed by atoms with Crippen molar-refractivity contribution in [3.05, 3.63) is 83.4 Å². The number of aliphatic hydroxyl groups excluding tert-OH is 1. The highest BCUT2D eigenvalue weighted by Gasteiger charge is 2.12. The van der Waals surface area contributed by atoms with Crippen LogP contribution in [0.2, 0.25) is 5.02 Å². The molecule has 1 heterocycles. The number of hydrogen-bond donors (Lipinski definition) is 2. The highest BCUT2D eigenvalue weighted by Crippen LogP contribution is 2.28. The molecule has 2 N–H and O–H groups in total. The van der Waals surface area contributed by atoms with Gasteiger partial charge in [-0.2, -0.15) is 0 Å². The number of hydrogen-bond acceptors (Lipinski definition) is 3. The molecule has 0 aliphatic carbocycles. The molecule has 1 atom stereocenters. The molecule has 0 fully saturated rings. The summed E-state index contributed by atoms with van der Waals surface area (Å²) < 4.78 is 14.0. The summed E-state index contributed by atoms with van der Waals surface area (Å²) in [7, 11) is 0. The van der Waals surface area contributed by atoms with E-state index in [1.165, 1.54) is 12.1 Å². The molecule has 24 heavy (non-hydrogen) atoms. The number of aromatic nitrogens is 1. The summed E-state index contributed by atoms with van der Waals surface area (Å²) in [6, 6.07) is 15.5. The van der Waals surface area contributed by atoms with E-state index in [0.29, 0.717) is 21.8 Å². The van der Waals surface area contributed by atoms with Gasteiger partial charge in [0.25, 0.3) is 0 Å². The first-order chi connectivity index (χ1) is 11.7. The van der Waals surface area contributed by atoms with Crippen molar-refractivity contribution in [2.45, 2.75) is 6.04 Å². The van der Waals surface area contributed by atoms with Crippen LogP contribution in [-0.4, -0.2) is 16.7 Å². The number of nitrogens with zero attached hydrogens (tertiary/aromatic N) is 1. The quantitative estimate of drug-likeness (QED) is 0.707. The summed E-state index contributed by atoms with van der Waals surface area (Å²) in [5.41, 5.74) is 2.65. The SMILES string of the molecule is OCC(Nc1cncc(-c2cc(Cl)ccc2F)c1)c1ccccc1. The molecule has 0 aliphatic heterocycles. The maximum absolute atomic E-state index is 14.0. The van der Waals surface area contributed by atoms with E-state index in [-0.39, 0.29) is 18.5 Å². The highest BCUT2D eigenvalue weighted by atomic mass is 35.5. The van der Waals surface area contributed by atoms with Crippen LogP contribution in [0.1, 0.15) is 11.6 Å². The van der Waals surface area contributed by atoms with Gasteiger partial charge in [0.1, 0.15) is 5.82 Å². The molecule has 0 aliphatic rings. The second-order valence-electron chi connectivity index (χ2n) is 5.38. The molecular formula is C19H16ClFN2O. The van der Waals surface area contributed by atoms with Crippen LogP contribution < -0.4 is 5.32 Å². The number of rotatable bonds is 5. The van der Waals surface area contributed by atoms with E-state index in [4.69, 9.17) is 11.6 Å². The largest absolute Gasteiger partial charge is 0.394 e. The Morgan fingerprint density at radius 1 is 1.08 bits per heavy atom. The Morgan fingerprint density at radius 3 is 2.62 bits per heavy atom. The minimum Gasteiger partial charge on any atom is -0.394 e. The van der Waals surface area contributed by atoms with Gasteiger partial charge in [-0.1, -0.05) is 41.9 Å². The minimum atomic E-state index is -0.361. The lowest BCUT2D eigenvalue weighted by Crippen LogP contribution is -2.14. The molecule has 0 amide bonds. The molecule has 1 aromatic heterocycles. The second-order valence-corrected chi connectivity index (χ2v) is 5.81. The molecule has 1 unspecified atom stereocenters. The summed E-state index contributed by atoms with van der Waals surface area (Å²) >= 11 is 5.96. The molecule has 3 nitrogen and oxygen atoms in total. The zero-order valence-electron chi connectivity index (χ0n) is 12.8. The van der Waals surface area contributed by atoms with E-state index in [1.54, 1.807) is 24.5 Å². The average molecular weight is 343 g/mol. The zero-order valence-corrected chi connectivity index (χ0v) is 13.5. The van der Waals surface area contributed by atoms with Crippen molar-refractivity contribution in [3.8, 4) is 11.1 Å². The Labute approximate surface area is 144 Å². The number of pyridine rings is 1. The van der Waals surface area contributed by atoms with Gasteiger partial charge in [-0.3, -0.25) is 4.98 Å². The maximum atomic E-state index is 14.0. The van der Waals surface area contributed by atoms with Crippen molar-refractivity contribution in [3.63, 3.8) is 0 Å². The lowest BCUT2D eigenvalue weighted by Gasteiger charge is -2.18. The molecule has 2 aromatic carbocycles. The molecule has 0 spiro atoms. The van der Waals surface area contributed by atoms with Crippen LogP contribution in [0, 0.1) is 5.82 Å². The van der Waals surface area contributed by atoms with Crippen LogP contribution in [0.4, 0.5) is 10.1 Å². The molecule has 5 heteroatoms. The first-order valence-corrected chi connectivity index (χ1v) is 7.88. The third kappa shape index (κ3) is 3.72. The fourth-order valence-electron chi connectivity index (χ4n) is 2.51. The zero-order chi connectivity index (χ0) is 16.9. The van der Waals surface area contributed by atoms with Crippen molar-refractivity contribution < 1.29 is 9.50 Å². The number of halogens is 2. The van der Waals surface area contributed by atoms with Gasteiger partial charge < -0.3 is 10.4 Å². The van der Waals surface area contributed by atoms with Gasteiger partial charge in [-0.05, 0) is 29.8 Å². The summed E-state index contributed by atoms with van der Waals surface area (Å²) in [5.74, 6) is -0.361. The Kier molecular flexibility index (Phi) is 5.08. The maximum Gasteiger partial charge on any atom is 0.131 e. The normalized spacial score (nSPS) is 12.0. The van der Waals surface area contributed by atoms with Crippen molar-refractivity contribution >= 4 is 17.3 Å². The summed E-state index contributed by atoms with van der Waals surface area (Å²) in [6.45, 7) is -0.0697. The lowest BCUT2D eigenvalue weighted by molar-refractivity contribution is 0.276. The molecule has 0 saturated heterocycles. The third-order valence-electron chi connectivity index (χ3n) is 3.70. The van der Waals surface area contributed by atoms with E-state index >= 15 is 0 Å². The van der Waals surface area contributed by atoms with Crippen LogP contribution in [0.15, 0.2) is 67.0 Å². The summed E-state index contributed by atoms with van der Waals surface area (Å²) in [4.78, 5) is 4.16. The first kappa shape index (κ1) is 16.4. The summed E-state index contributed by atoms with van der Waals surface area (Å²) in [5, 5.41) is 13.3. The Balaban J connectivity index is 1.89. The fraction of sp³-hybridized carbons (Fsp3) is 0.105. The summed E-state index contributed by atoms with van der Waals surface area (Å²) in [6.07, 6.45) is 3.22. The molecule has 0 bridgehead atoms. The Morgan fingerprint density at radius 2 is 1.88 bits per heavy atom. The van der Waals surface area contributed by atoms with Gasteiger partial charge in [0.05, 0.1) is 18.3 Å². The van der Waals surface area contributed by atoms with Crippen molar-refractivity contribution in [2.75, 3.05) is 11.9 Å². The topological polar surface area (TPSA) is 45.1 Å². The lowest BCUT2D eigenvalue weighted by atomic mass is 10.1. The van der Waals surface area contributed by atoms with E-state index in [9.17, 15) is 9.50 Å². The minimum absolute atomic E-state index is 0.0697. The van der Waals surface area contributed by atoms with Crippen LogP contribution in [0.5, 0.6) is 0 Å². The predicted octanol–water partition coefficient (Wildman–Crippen LogP) is 4.69. The van der Waals surface area contributed by atoms with Gasteiger partial charge in [0.2, 0.25) is 0 Å². The number of aliphatic hydroxyl groups is 1. The van der Waals surface area contributed by atoms with Gasteiger partial charge in [0.15, 0.2) is 0 Å². The average Bonchev–Trinajstić information content (AvgIpc) is 2.62. The molecule has 0 radical (unpaired) electrons. The fourth-order valence-corrected chi connectivity index (χ4v) is 2.68. The molecule has 0 saturated carbocycles. The molecule has 3 rings (SSSR count). The van der Waals surface area contributed by atoms with Crippen LogP contribution in [0.3, 0.4) is 0 Å². The highest BCUT2D eigenvalue weighted by molar-refractivity contribution is 6.30. The Bertz CT molecular complexity index is 827. The van der Waals surface area contributed by atoms with E-state index < -0.39 is 0 Å². The van der Waals surface area contributed by atoms with Crippen molar-refractivity contribution in [1.82, 2.24) is 4.98 Å². The number of anilines is 1. The first-order valence-electron chi connectivity index (χ1n) is 7.50. The Hall–Kier alpha value is -2.43. The van der Waals surface area contributed by atoms with Gasteiger partial charge in [-0.25, -0.2) is 4.39 Å². The van der Waals surface area contributed by atoms with Crippen molar-refractivity contribution in [1.29, 1.82) is 0 Å². The number of nitrogens with one attached hydrogen (secondary N) is 1. The number of benzene rings is 2. The monoisotopic (exact) mass is 342 g/mol. The van der Waals surface area contributed by atoms with Gasteiger partial charge >= 0.3 is 0 Å². The van der Waals surface area contributed by atoms with E-state index in [0.717, 1.165) is 5.56 Å². The predicted molar refractivity (Wildman–Crippen MR) is 94.5 cm³/mol. The molecule has 3 aromatic rings. The standard InChI is InChI=1S/C19H16ClFN2O/c20-15-6-7-18(21)17(9-15)14-8-16(11-22-10-14)23-19(12-24)13-4-2-1-3-5-13/h1-11,19,23-24H,12H2. The van der Waals surface area contributed by atoms with Crippen LogP contribution in [-0.2, 0) is 0 Å². The second kappa shape index (κ2) is 7.43. The third-order valence-corrected chi connectivity index (χ3v) is 3.94. The van der Waals surface area contributed by atoms with Crippen LogP contribution >= 0.6 is 11.6 Å². The van der Waals surface area contributed by atoms with Gasteiger partial charge in [-0.15, -0.1) is 0 Å². The smallest absolute Gasteiger partial charge is 0.131 e. The molecule has 122 valence electrons. The van der Waals surface area contributed by atoms with E-state index in [1.807, 2.05) is 30.3 Å². The van der Waals surface area contributed by atoms with Gasteiger partial charge in [0, 0.05) is 28.5 Å². The molecular weight excluding hydrogens is 327 g/mol. The van der Waals surface area contributed by atoms with Crippen LogP contribution in [0.25, 0.3) is 11.1 Å².